The first-order chi connectivity index (χ1) is 13.8. The molecule has 2 aliphatic heterocycles. The van der Waals surface area contributed by atoms with E-state index in [-0.39, 0.29) is 0 Å². The van der Waals surface area contributed by atoms with Crippen molar-refractivity contribution in [3.63, 3.8) is 0 Å². The topological polar surface area (TPSA) is 69.5 Å². The second-order valence-electron chi connectivity index (χ2n) is 7.28. The van der Waals surface area contributed by atoms with Gasteiger partial charge < -0.3 is 9.80 Å². The molecule has 2 saturated heterocycles. The second kappa shape index (κ2) is 9.19. The van der Waals surface area contributed by atoms with Crippen LogP contribution in [0, 0.1) is 0 Å². The highest BCUT2D eigenvalue weighted by Crippen LogP contribution is 2.22. The summed E-state index contributed by atoms with van der Waals surface area (Å²) in [4.78, 5) is 18.5. The first-order valence-electron chi connectivity index (χ1n) is 10.1. The Kier molecular flexibility index (Phi) is 6.21. The molecule has 0 unspecified atom stereocenters. The fourth-order valence-corrected chi connectivity index (χ4v) is 3.71. The highest BCUT2D eigenvalue weighted by molar-refractivity contribution is 6.30. The van der Waals surface area contributed by atoms with E-state index in [1.165, 1.54) is 38.5 Å². The molecule has 28 heavy (non-hydrogen) atoms. The molecule has 3 heterocycles. The van der Waals surface area contributed by atoms with Gasteiger partial charge in [0.05, 0.1) is 6.21 Å². The van der Waals surface area contributed by atoms with Crippen LogP contribution in [0.2, 0.25) is 5.02 Å². The average molecular weight is 400 g/mol. The maximum absolute atomic E-state index is 5.93. The monoisotopic (exact) mass is 399 g/mol. The van der Waals surface area contributed by atoms with Gasteiger partial charge in [-0.05, 0) is 56.2 Å². The van der Waals surface area contributed by atoms with Gasteiger partial charge in [-0.25, -0.2) is 5.43 Å². The number of rotatable bonds is 5. The molecule has 0 bridgehead atoms. The summed E-state index contributed by atoms with van der Waals surface area (Å²) >= 11 is 5.93. The van der Waals surface area contributed by atoms with Crippen molar-refractivity contribution in [3.8, 4) is 0 Å². The third-order valence-corrected chi connectivity index (χ3v) is 5.39. The molecule has 0 aliphatic carbocycles. The van der Waals surface area contributed by atoms with Gasteiger partial charge in [0.15, 0.2) is 0 Å². The van der Waals surface area contributed by atoms with Crippen LogP contribution in [0.4, 0.5) is 17.8 Å². The second-order valence-corrected chi connectivity index (χ2v) is 7.71. The minimum absolute atomic E-state index is 0.487. The van der Waals surface area contributed by atoms with Gasteiger partial charge in [-0.1, -0.05) is 23.7 Å². The Morgan fingerprint density at radius 3 is 1.86 bits per heavy atom. The molecule has 148 valence electrons. The number of hydrazone groups is 1. The van der Waals surface area contributed by atoms with E-state index in [2.05, 4.69) is 30.3 Å². The van der Waals surface area contributed by atoms with Crippen molar-refractivity contribution in [1.82, 2.24) is 15.0 Å². The van der Waals surface area contributed by atoms with Crippen LogP contribution in [0.15, 0.2) is 29.4 Å². The summed E-state index contributed by atoms with van der Waals surface area (Å²) in [6, 6.07) is 7.52. The molecular formula is C20H26ClN7. The number of benzene rings is 1. The van der Waals surface area contributed by atoms with Gasteiger partial charge in [0.2, 0.25) is 17.8 Å². The molecule has 2 aromatic rings. The average Bonchev–Trinajstić information content (AvgIpc) is 2.76. The normalized spacial score (nSPS) is 17.9. The van der Waals surface area contributed by atoms with Crippen LogP contribution in [-0.2, 0) is 0 Å². The number of hydrogen-bond acceptors (Lipinski definition) is 7. The smallest absolute Gasteiger partial charge is 0.250 e. The Labute approximate surface area is 170 Å². The van der Waals surface area contributed by atoms with E-state index >= 15 is 0 Å². The summed E-state index contributed by atoms with van der Waals surface area (Å²) in [5.74, 6) is 1.99. The van der Waals surface area contributed by atoms with Crippen molar-refractivity contribution in [2.75, 3.05) is 41.4 Å². The lowest BCUT2D eigenvalue weighted by molar-refractivity contribution is 0.556. The van der Waals surface area contributed by atoms with E-state index < -0.39 is 0 Å². The van der Waals surface area contributed by atoms with E-state index in [0.717, 1.165) is 43.6 Å². The van der Waals surface area contributed by atoms with E-state index in [1.54, 1.807) is 6.21 Å². The fraction of sp³-hybridized carbons (Fsp3) is 0.500. The maximum Gasteiger partial charge on any atom is 0.250 e. The summed E-state index contributed by atoms with van der Waals surface area (Å²) in [6.45, 7) is 3.99. The fourth-order valence-electron chi connectivity index (χ4n) is 3.59. The predicted octanol–water partition coefficient (Wildman–Crippen LogP) is 3.95. The van der Waals surface area contributed by atoms with Gasteiger partial charge in [-0.15, -0.1) is 0 Å². The third kappa shape index (κ3) is 4.90. The minimum atomic E-state index is 0.487. The van der Waals surface area contributed by atoms with Crippen LogP contribution in [0.5, 0.6) is 0 Å². The van der Waals surface area contributed by atoms with Gasteiger partial charge in [0.25, 0.3) is 0 Å². The number of nitrogens with zero attached hydrogens (tertiary/aromatic N) is 6. The molecule has 2 aliphatic rings. The molecule has 4 rings (SSSR count). The molecular weight excluding hydrogens is 374 g/mol. The van der Waals surface area contributed by atoms with Crippen molar-refractivity contribution in [2.24, 2.45) is 5.10 Å². The van der Waals surface area contributed by atoms with Crippen molar-refractivity contribution in [2.45, 2.75) is 38.5 Å². The highest BCUT2D eigenvalue weighted by Gasteiger charge is 2.20. The van der Waals surface area contributed by atoms with E-state index in [0.29, 0.717) is 11.0 Å². The molecule has 0 spiro atoms. The van der Waals surface area contributed by atoms with Gasteiger partial charge >= 0.3 is 0 Å². The van der Waals surface area contributed by atoms with Crippen LogP contribution in [0.3, 0.4) is 0 Å². The van der Waals surface area contributed by atoms with Gasteiger partial charge in [0.1, 0.15) is 0 Å². The lowest BCUT2D eigenvalue weighted by Gasteiger charge is -2.30. The molecule has 1 N–H and O–H groups in total. The first kappa shape index (κ1) is 18.9. The van der Waals surface area contributed by atoms with Crippen LogP contribution >= 0.6 is 11.6 Å². The van der Waals surface area contributed by atoms with Crippen molar-refractivity contribution in [3.05, 3.63) is 34.9 Å². The van der Waals surface area contributed by atoms with Crippen LogP contribution in [0.1, 0.15) is 44.1 Å². The van der Waals surface area contributed by atoms with Crippen molar-refractivity contribution < 1.29 is 0 Å². The Morgan fingerprint density at radius 2 is 1.32 bits per heavy atom. The van der Waals surface area contributed by atoms with Crippen molar-refractivity contribution >= 4 is 35.7 Å². The number of hydrogen-bond donors (Lipinski definition) is 1. The number of nitrogens with one attached hydrogen (secondary N) is 1. The summed E-state index contributed by atoms with van der Waals surface area (Å²) in [6.07, 6.45) is 9.02. The quantitative estimate of drug-likeness (QED) is 0.606. The molecule has 0 amide bonds. The van der Waals surface area contributed by atoms with Crippen molar-refractivity contribution in [1.29, 1.82) is 0 Å². The lowest BCUT2D eigenvalue weighted by atomic mass is 10.1. The van der Waals surface area contributed by atoms with Gasteiger partial charge in [0, 0.05) is 31.2 Å². The van der Waals surface area contributed by atoms with E-state index in [4.69, 9.17) is 16.6 Å². The molecule has 0 saturated carbocycles. The first-order valence-corrected chi connectivity index (χ1v) is 10.5. The molecule has 7 nitrogen and oxygen atoms in total. The molecule has 0 atom stereocenters. The number of anilines is 3. The Bertz CT molecular complexity index is 760. The predicted molar refractivity (Wildman–Crippen MR) is 115 cm³/mol. The Balaban J connectivity index is 1.54. The van der Waals surface area contributed by atoms with Crippen LogP contribution < -0.4 is 15.2 Å². The maximum atomic E-state index is 5.93. The Morgan fingerprint density at radius 1 is 0.786 bits per heavy atom. The summed E-state index contributed by atoms with van der Waals surface area (Å²) in [7, 11) is 0. The molecule has 2 fully saturated rings. The van der Waals surface area contributed by atoms with E-state index in [1.807, 2.05) is 24.3 Å². The molecule has 0 radical (unpaired) electrons. The van der Waals surface area contributed by atoms with Crippen LogP contribution in [-0.4, -0.2) is 47.3 Å². The standard InChI is InChI=1S/C20H26ClN7/c21-17-9-7-16(8-10-17)15-22-26-18-23-19(27-11-3-1-4-12-27)25-20(24-18)28-13-5-2-6-14-28/h7-10,15H,1-6,11-14H2,(H,23,24,25,26)/b22-15+. The Hall–Kier alpha value is -2.41. The summed E-state index contributed by atoms with van der Waals surface area (Å²) < 4.78 is 0. The highest BCUT2D eigenvalue weighted by atomic mass is 35.5. The van der Waals surface area contributed by atoms with Crippen LogP contribution in [0.25, 0.3) is 0 Å². The number of halogens is 1. The zero-order chi connectivity index (χ0) is 19.2. The zero-order valence-corrected chi connectivity index (χ0v) is 16.8. The lowest BCUT2D eigenvalue weighted by Crippen LogP contribution is -2.34. The number of aromatic nitrogens is 3. The zero-order valence-electron chi connectivity index (χ0n) is 16.0. The van der Waals surface area contributed by atoms with Gasteiger partial charge in [-0.2, -0.15) is 20.1 Å². The summed E-state index contributed by atoms with van der Waals surface area (Å²) in [5, 5.41) is 5.01. The third-order valence-electron chi connectivity index (χ3n) is 5.14. The molecule has 1 aromatic heterocycles. The summed E-state index contributed by atoms with van der Waals surface area (Å²) in [5.41, 5.74) is 3.94. The largest absolute Gasteiger partial charge is 0.341 e. The SMILES string of the molecule is Clc1ccc(/C=N/Nc2nc(N3CCCCC3)nc(N3CCCCC3)n2)cc1. The molecule has 8 heteroatoms. The minimum Gasteiger partial charge on any atom is -0.341 e. The van der Waals surface area contributed by atoms with Gasteiger partial charge in [-0.3, -0.25) is 0 Å². The number of piperidine rings is 2. The molecule has 1 aromatic carbocycles. The van der Waals surface area contributed by atoms with E-state index in [9.17, 15) is 0 Å².